The van der Waals surface area contributed by atoms with Crippen molar-refractivity contribution in [3.8, 4) is 0 Å². The van der Waals surface area contributed by atoms with Crippen LogP contribution in [-0.4, -0.2) is 29.9 Å². The molecule has 0 aromatic heterocycles. The lowest BCUT2D eigenvalue weighted by Gasteiger charge is -2.30. The normalized spacial score (nSPS) is 23.4. The zero-order chi connectivity index (χ0) is 15.8. The second-order valence-corrected chi connectivity index (χ2v) is 7.60. The van der Waals surface area contributed by atoms with Crippen LogP contribution >= 0.6 is 0 Å². The van der Waals surface area contributed by atoms with Crippen molar-refractivity contribution in [2.75, 3.05) is 13.1 Å². The van der Waals surface area contributed by atoms with Crippen LogP contribution in [0.4, 0.5) is 0 Å². The van der Waals surface area contributed by atoms with Crippen molar-refractivity contribution in [3.63, 3.8) is 0 Å². The minimum atomic E-state index is 0.0619. The first kappa shape index (κ1) is 18.5. The van der Waals surface area contributed by atoms with Gasteiger partial charge in [-0.1, -0.05) is 47.0 Å². The monoisotopic (exact) mass is 296 g/mol. The lowest BCUT2D eigenvalue weighted by atomic mass is 9.93. The number of hydrogen-bond donors (Lipinski definition) is 1. The molecule has 1 aliphatic carbocycles. The Labute approximate surface area is 131 Å². The number of rotatable bonds is 7. The number of nitrogens with two attached hydrogens (primary N) is 1. The Balaban J connectivity index is 2.66. The first-order chi connectivity index (χ1) is 9.91. The third kappa shape index (κ3) is 6.82. The van der Waals surface area contributed by atoms with E-state index in [1.54, 1.807) is 0 Å². The van der Waals surface area contributed by atoms with Crippen LogP contribution in [-0.2, 0) is 4.79 Å². The van der Waals surface area contributed by atoms with Crippen molar-refractivity contribution in [3.05, 3.63) is 0 Å². The number of hydrogen-bond acceptors (Lipinski definition) is 2. The molecule has 1 saturated carbocycles. The van der Waals surface area contributed by atoms with E-state index in [1.165, 1.54) is 12.8 Å². The summed E-state index contributed by atoms with van der Waals surface area (Å²) in [7, 11) is 0. The molecule has 0 saturated heterocycles. The second kappa shape index (κ2) is 9.45. The van der Waals surface area contributed by atoms with Gasteiger partial charge in [0.1, 0.15) is 0 Å². The fourth-order valence-electron chi connectivity index (χ4n) is 3.04. The summed E-state index contributed by atoms with van der Waals surface area (Å²) in [6.07, 6.45) is 7.75. The van der Waals surface area contributed by atoms with Gasteiger partial charge in [0.15, 0.2) is 0 Å². The minimum Gasteiger partial charge on any atom is -0.342 e. The van der Waals surface area contributed by atoms with Crippen LogP contribution in [0.3, 0.4) is 0 Å². The van der Waals surface area contributed by atoms with Gasteiger partial charge in [-0.15, -0.1) is 0 Å². The van der Waals surface area contributed by atoms with Crippen molar-refractivity contribution in [2.45, 2.75) is 78.7 Å². The zero-order valence-corrected chi connectivity index (χ0v) is 14.6. The molecule has 2 unspecified atom stereocenters. The molecule has 0 aliphatic heterocycles. The highest BCUT2D eigenvalue weighted by atomic mass is 16.2. The van der Waals surface area contributed by atoms with Crippen LogP contribution in [0, 0.1) is 17.8 Å². The van der Waals surface area contributed by atoms with Gasteiger partial charge in [-0.3, -0.25) is 4.79 Å². The molecule has 124 valence electrons. The molecule has 1 amide bonds. The summed E-state index contributed by atoms with van der Waals surface area (Å²) in [5.74, 6) is 1.67. The van der Waals surface area contributed by atoms with E-state index in [2.05, 4.69) is 32.6 Å². The maximum Gasteiger partial charge on any atom is 0.227 e. The van der Waals surface area contributed by atoms with E-state index in [-0.39, 0.29) is 12.0 Å². The first-order valence-electron chi connectivity index (χ1n) is 8.96. The van der Waals surface area contributed by atoms with E-state index in [1.807, 2.05) is 0 Å². The van der Waals surface area contributed by atoms with Gasteiger partial charge in [-0.25, -0.2) is 0 Å². The molecule has 0 spiro atoms. The molecule has 21 heavy (non-hydrogen) atoms. The van der Waals surface area contributed by atoms with E-state index in [4.69, 9.17) is 5.73 Å². The quantitative estimate of drug-likeness (QED) is 0.726. The highest BCUT2D eigenvalue weighted by molar-refractivity contribution is 5.79. The van der Waals surface area contributed by atoms with Crippen LogP contribution in [0.25, 0.3) is 0 Å². The average molecular weight is 296 g/mol. The fourth-order valence-corrected chi connectivity index (χ4v) is 3.04. The molecule has 0 radical (unpaired) electrons. The molecule has 1 fully saturated rings. The average Bonchev–Trinajstić information content (AvgIpc) is 2.62. The Hall–Kier alpha value is -0.570. The molecule has 2 atom stereocenters. The zero-order valence-electron chi connectivity index (χ0n) is 14.6. The molecule has 0 aromatic carbocycles. The fraction of sp³-hybridized carbons (Fsp3) is 0.944. The highest BCUT2D eigenvalue weighted by Crippen LogP contribution is 2.24. The molecule has 0 aromatic rings. The standard InChI is InChI=1S/C18H36N2O/c1-14(2)10-12-20(13-11-15(3)4)18(21)16-8-6-5-7-9-17(16)19/h14-17H,5-13,19H2,1-4H3. The van der Waals surface area contributed by atoms with Gasteiger partial charge in [-0.2, -0.15) is 0 Å². The van der Waals surface area contributed by atoms with Crippen molar-refractivity contribution >= 4 is 5.91 Å². The van der Waals surface area contributed by atoms with Crippen molar-refractivity contribution in [1.29, 1.82) is 0 Å². The molecule has 0 heterocycles. The van der Waals surface area contributed by atoms with Crippen LogP contribution < -0.4 is 5.73 Å². The Morgan fingerprint density at radius 2 is 1.52 bits per heavy atom. The lowest BCUT2D eigenvalue weighted by Crippen LogP contribution is -2.45. The summed E-state index contributed by atoms with van der Waals surface area (Å²) in [5, 5.41) is 0. The van der Waals surface area contributed by atoms with E-state index in [9.17, 15) is 4.79 Å². The highest BCUT2D eigenvalue weighted by Gasteiger charge is 2.30. The van der Waals surface area contributed by atoms with Gasteiger partial charge < -0.3 is 10.6 Å². The largest absolute Gasteiger partial charge is 0.342 e. The third-order valence-electron chi connectivity index (χ3n) is 4.65. The van der Waals surface area contributed by atoms with Crippen LogP contribution in [0.1, 0.15) is 72.6 Å². The smallest absolute Gasteiger partial charge is 0.227 e. The van der Waals surface area contributed by atoms with Gasteiger partial charge in [0.05, 0.1) is 5.92 Å². The molecule has 2 N–H and O–H groups in total. The van der Waals surface area contributed by atoms with Gasteiger partial charge in [0.25, 0.3) is 0 Å². The molecule has 3 heteroatoms. The van der Waals surface area contributed by atoms with Gasteiger partial charge in [-0.05, 0) is 37.5 Å². The molecule has 0 bridgehead atoms. The lowest BCUT2D eigenvalue weighted by molar-refractivity contribution is -0.136. The maximum atomic E-state index is 12.9. The summed E-state index contributed by atoms with van der Waals surface area (Å²) in [6, 6.07) is 0.0700. The Bertz CT molecular complexity index is 290. The SMILES string of the molecule is CC(C)CCN(CCC(C)C)C(=O)C1CCCCCC1N. The van der Waals surface area contributed by atoms with E-state index < -0.39 is 0 Å². The van der Waals surface area contributed by atoms with Crippen molar-refractivity contribution in [1.82, 2.24) is 4.90 Å². The van der Waals surface area contributed by atoms with Crippen LogP contribution in [0.5, 0.6) is 0 Å². The van der Waals surface area contributed by atoms with Crippen molar-refractivity contribution in [2.24, 2.45) is 23.5 Å². The number of amides is 1. The van der Waals surface area contributed by atoms with E-state index in [0.29, 0.717) is 17.7 Å². The molecule has 3 nitrogen and oxygen atoms in total. The number of nitrogens with zero attached hydrogens (tertiary/aromatic N) is 1. The third-order valence-corrected chi connectivity index (χ3v) is 4.65. The summed E-state index contributed by atoms with van der Waals surface area (Å²) in [5.41, 5.74) is 6.28. The molecular weight excluding hydrogens is 260 g/mol. The Kier molecular flexibility index (Phi) is 8.31. The van der Waals surface area contributed by atoms with Crippen LogP contribution in [0.15, 0.2) is 0 Å². The second-order valence-electron chi connectivity index (χ2n) is 7.60. The maximum absolute atomic E-state index is 12.9. The van der Waals surface area contributed by atoms with Crippen molar-refractivity contribution < 1.29 is 4.79 Å². The first-order valence-corrected chi connectivity index (χ1v) is 8.96. The minimum absolute atomic E-state index is 0.0619. The predicted molar refractivity (Wildman–Crippen MR) is 90.0 cm³/mol. The Morgan fingerprint density at radius 1 is 1.00 bits per heavy atom. The molecular formula is C18H36N2O. The number of carbonyl (C=O) groups is 1. The predicted octanol–water partition coefficient (Wildman–Crippen LogP) is 3.81. The van der Waals surface area contributed by atoms with Crippen LogP contribution in [0.2, 0.25) is 0 Å². The number of carbonyl (C=O) groups excluding carboxylic acids is 1. The van der Waals surface area contributed by atoms with Gasteiger partial charge in [0.2, 0.25) is 5.91 Å². The topological polar surface area (TPSA) is 46.3 Å². The summed E-state index contributed by atoms with van der Waals surface area (Å²) in [4.78, 5) is 15.0. The van der Waals surface area contributed by atoms with E-state index in [0.717, 1.165) is 45.2 Å². The Morgan fingerprint density at radius 3 is 2.05 bits per heavy atom. The van der Waals surface area contributed by atoms with E-state index >= 15 is 0 Å². The summed E-state index contributed by atoms with van der Waals surface area (Å²) < 4.78 is 0. The van der Waals surface area contributed by atoms with Gasteiger partial charge in [0, 0.05) is 19.1 Å². The summed E-state index contributed by atoms with van der Waals surface area (Å²) in [6.45, 7) is 10.7. The van der Waals surface area contributed by atoms with Gasteiger partial charge >= 0.3 is 0 Å². The summed E-state index contributed by atoms with van der Waals surface area (Å²) >= 11 is 0. The molecule has 1 aliphatic rings. The molecule has 1 rings (SSSR count).